The average molecular weight is 216 g/mol. The van der Waals surface area contributed by atoms with Gasteiger partial charge in [0, 0.05) is 11.5 Å². The third kappa shape index (κ3) is 2.81. The fourth-order valence-corrected chi connectivity index (χ4v) is 1.37. The molecule has 68 valence electrons. The number of hydrogen-bond donors (Lipinski definition) is 0. The Morgan fingerprint density at radius 3 is 2.85 bits per heavy atom. The van der Waals surface area contributed by atoms with Crippen LogP contribution in [-0.2, 0) is 6.42 Å². The standard InChI is InChI=1S/C8H7Cl2N3/c9-7-3-1-2-6(8(7)10)4-5-12-13-11/h1-3H,4-5H2. The highest BCUT2D eigenvalue weighted by atomic mass is 35.5. The molecule has 0 saturated carbocycles. The van der Waals surface area contributed by atoms with E-state index in [1.54, 1.807) is 6.07 Å². The second-order valence-electron chi connectivity index (χ2n) is 2.42. The Bertz CT molecular complexity index is 345. The van der Waals surface area contributed by atoms with Crippen molar-refractivity contribution in [3.8, 4) is 0 Å². The summed E-state index contributed by atoms with van der Waals surface area (Å²) in [6, 6.07) is 5.40. The van der Waals surface area contributed by atoms with Crippen molar-refractivity contribution in [3.63, 3.8) is 0 Å². The number of azide groups is 1. The third-order valence-corrected chi connectivity index (χ3v) is 2.43. The Kier molecular flexibility index (Phi) is 3.90. The maximum absolute atomic E-state index is 8.07. The molecule has 0 unspecified atom stereocenters. The molecule has 0 saturated heterocycles. The quantitative estimate of drug-likeness (QED) is 0.418. The van der Waals surface area contributed by atoms with Gasteiger partial charge in [0.05, 0.1) is 10.0 Å². The second-order valence-corrected chi connectivity index (χ2v) is 3.20. The molecule has 0 amide bonds. The molecule has 0 aliphatic rings. The highest BCUT2D eigenvalue weighted by Crippen LogP contribution is 2.25. The molecule has 0 heterocycles. The first-order valence-electron chi connectivity index (χ1n) is 3.69. The zero-order valence-electron chi connectivity index (χ0n) is 6.74. The van der Waals surface area contributed by atoms with Gasteiger partial charge >= 0.3 is 0 Å². The highest BCUT2D eigenvalue weighted by molar-refractivity contribution is 6.42. The van der Waals surface area contributed by atoms with Gasteiger partial charge < -0.3 is 0 Å². The van der Waals surface area contributed by atoms with Crippen molar-refractivity contribution in [2.75, 3.05) is 6.54 Å². The van der Waals surface area contributed by atoms with Crippen LogP contribution in [-0.4, -0.2) is 6.54 Å². The van der Waals surface area contributed by atoms with E-state index in [1.165, 1.54) is 0 Å². The van der Waals surface area contributed by atoms with Crippen LogP contribution in [0.25, 0.3) is 10.4 Å². The minimum absolute atomic E-state index is 0.399. The van der Waals surface area contributed by atoms with Crippen molar-refractivity contribution >= 4 is 23.2 Å². The van der Waals surface area contributed by atoms with Crippen LogP contribution in [0.3, 0.4) is 0 Å². The van der Waals surface area contributed by atoms with Gasteiger partial charge in [0.2, 0.25) is 0 Å². The summed E-state index contributed by atoms with van der Waals surface area (Å²) < 4.78 is 0. The number of rotatable bonds is 3. The van der Waals surface area contributed by atoms with Crippen LogP contribution in [0.1, 0.15) is 5.56 Å². The fourth-order valence-electron chi connectivity index (χ4n) is 0.957. The van der Waals surface area contributed by atoms with Crippen LogP contribution in [0.5, 0.6) is 0 Å². The molecular formula is C8H7Cl2N3. The lowest BCUT2D eigenvalue weighted by molar-refractivity contribution is 0.956. The van der Waals surface area contributed by atoms with Gasteiger partial charge in [-0.25, -0.2) is 0 Å². The van der Waals surface area contributed by atoms with Gasteiger partial charge in [0.25, 0.3) is 0 Å². The van der Waals surface area contributed by atoms with E-state index in [0.29, 0.717) is 23.0 Å². The van der Waals surface area contributed by atoms with Crippen LogP contribution in [0.15, 0.2) is 23.3 Å². The number of halogens is 2. The molecule has 3 nitrogen and oxygen atoms in total. The molecule has 0 fully saturated rings. The summed E-state index contributed by atoms with van der Waals surface area (Å²) in [7, 11) is 0. The summed E-state index contributed by atoms with van der Waals surface area (Å²) in [5, 5.41) is 4.48. The summed E-state index contributed by atoms with van der Waals surface area (Å²) in [5.74, 6) is 0. The average Bonchev–Trinajstić information content (AvgIpc) is 2.13. The molecule has 1 aromatic rings. The van der Waals surface area contributed by atoms with Crippen LogP contribution in [0.4, 0.5) is 0 Å². The molecule has 5 heteroatoms. The van der Waals surface area contributed by atoms with Gasteiger partial charge in [-0.05, 0) is 23.6 Å². The topological polar surface area (TPSA) is 48.8 Å². The lowest BCUT2D eigenvalue weighted by Gasteiger charge is -2.02. The van der Waals surface area contributed by atoms with Crippen molar-refractivity contribution < 1.29 is 0 Å². The Balaban J connectivity index is 2.76. The highest BCUT2D eigenvalue weighted by Gasteiger charge is 2.02. The molecule has 0 aliphatic carbocycles. The lowest BCUT2D eigenvalue weighted by atomic mass is 10.1. The molecule has 1 rings (SSSR count). The van der Waals surface area contributed by atoms with Crippen LogP contribution in [0.2, 0.25) is 10.0 Å². The van der Waals surface area contributed by atoms with E-state index < -0.39 is 0 Å². The molecule has 0 bridgehead atoms. The summed E-state index contributed by atoms with van der Waals surface area (Å²) in [6.07, 6.45) is 0.615. The van der Waals surface area contributed by atoms with Crippen LogP contribution < -0.4 is 0 Å². The number of nitrogens with zero attached hydrogens (tertiary/aromatic N) is 3. The Hall–Kier alpha value is -0.890. The van der Waals surface area contributed by atoms with Gasteiger partial charge in [0.1, 0.15) is 0 Å². The zero-order valence-corrected chi connectivity index (χ0v) is 8.26. The Morgan fingerprint density at radius 1 is 1.38 bits per heavy atom. The fraction of sp³-hybridized carbons (Fsp3) is 0.250. The molecular weight excluding hydrogens is 209 g/mol. The normalized spacial score (nSPS) is 9.38. The first-order chi connectivity index (χ1) is 6.25. The van der Waals surface area contributed by atoms with Crippen LogP contribution in [0, 0.1) is 0 Å². The summed E-state index contributed by atoms with van der Waals surface area (Å²) in [4.78, 5) is 2.65. The van der Waals surface area contributed by atoms with E-state index in [-0.39, 0.29) is 0 Å². The number of hydrogen-bond acceptors (Lipinski definition) is 1. The van der Waals surface area contributed by atoms with E-state index in [9.17, 15) is 0 Å². The smallest absolute Gasteiger partial charge is 0.0624 e. The maximum Gasteiger partial charge on any atom is 0.0624 e. The molecule has 0 spiro atoms. The minimum Gasteiger partial charge on any atom is -0.0936 e. The predicted octanol–water partition coefficient (Wildman–Crippen LogP) is 3.85. The first-order valence-corrected chi connectivity index (χ1v) is 4.45. The second kappa shape index (κ2) is 4.97. The van der Waals surface area contributed by atoms with Crippen molar-refractivity contribution in [3.05, 3.63) is 44.3 Å². The summed E-state index contributed by atoms with van der Waals surface area (Å²) in [6.45, 7) is 0.399. The third-order valence-electron chi connectivity index (χ3n) is 1.58. The zero-order chi connectivity index (χ0) is 9.68. The van der Waals surface area contributed by atoms with Gasteiger partial charge in [-0.15, -0.1) is 0 Å². The van der Waals surface area contributed by atoms with E-state index in [0.717, 1.165) is 5.56 Å². The first kappa shape index (κ1) is 10.2. The Labute approximate surface area is 85.9 Å². The molecule has 13 heavy (non-hydrogen) atoms. The van der Waals surface area contributed by atoms with Crippen LogP contribution >= 0.6 is 23.2 Å². The SMILES string of the molecule is [N-]=[N+]=NCCc1cccc(Cl)c1Cl. The van der Waals surface area contributed by atoms with Gasteiger partial charge in [-0.2, -0.15) is 0 Å². The molecule has 0 atom stereocenters. The van der Waals surface area contributed by atoms with Crippen molar-refractivity contribution in [2.24, 2.45) is 5.11 Å². The minimum atomic E-state index is 0.399. The van der Waals surface area contributed by atoms with E-state index in [4.69, 9.17) is 28.7 Å². The predicted molar refractivity (Wildman–Crippen MR) is 54.2 cm³/mol. The van der Waals surface area contributed by atoms with E-state index >= 15 is 0 Å². The van der Waals surface area contributed by atoms with Crippen molar-refractivity contribution in [2.45, 2.75) is 6.42 Å². The van der Waals surface area contributed by atoms with Crippen molar-refractivity contribution in [1.29, 1.82) is 0 Å². The van der Waals surface area contributed by atoms with E-state index in [1.807, 2.05) is 12.1 Å². The Morgan fingerprint density at radius 2 is 2.15 bits per heavy atom. The van der Waals surface area contributed by atoms with Gasteiger partial charge in [0.15, 0.2) is 0 Å². The van der Waals surface area contributed by atoms with Gasteiger partial charge in [-0.3, -0.25) is 0 Å². The molecule has 0 N–H and O–H groups in total. The lowest BCUT2D eigenvalue weighted by Crippen LogP contribution is -1.89. The number of benzene rings is 1. The maximum atomic E-state index is 8.07. The summed E-state index contributed by atoms with van der Waals surface area (Å²) in [5.41, 5.74) is 8.97. The van der Waals surface area contributed by atoms with Gasteiger partial charge in [-0.1, -0.05) is 40.4 Å². The largest absolute Gasteiger partial charge is 0.0936 e. The summed E-state index contributed by atoms with van der Waals surface area (Å²) >= 11 is 11.7. The van der Waals surface area contributed by atoms with E-state index in [2.05, 4.69) is 10.0 Å². The van der Waals surface area contributed by atoms with Crippen molar-refractivity contribution in [1.82, 2.24) is 0 Å². The molecule has 0 radical (unpaired) electrons. The molecule has 0 aliphatic heterocycles. The monoisotopic (exact) mass is 215 g/mol. The molecule has 0 aromatic heterocycles. The molecule has 1 aromatic carbocycles.